The molecule has 1 N–H and O–H groups in total. The van der Waals surface area contributed by atoms with Crippen LogP contribution in [0.4, 0.5) is 5.69 Å². The minimum Gasteiger partial charge on any atom is -0.497 e. The summed E-state index contributed by atoms with van der Waals surface area (Å²) in [5.74, 6) is 0.829. The average molecular weight is 354 g/mol. The third-order valence-electron chi connectivity index (χ3n) is 3.99. The first kappa shape index (κ1) is 17.5. The number of benzene rings is 2. The van der Waals surface area contributed by atoms with Crippen LogP contribution in [0, 0.1) is 13.8 Å². The van der Waals surface area contributed by atoms with Gasteiger partial charge in [-0.25, -0.2) is 4.99 Å². The van der Waals surface area contributed by atoms with Gasteiger partial charge in [0.05, 0.1) is 25.1 Å². The van der Waals surface area contributed by atoms with E-state index in [1.165, 1.54) is 10.4 Å². The SMILES string of the molecule is COc1ccc(-c2c(C)sc(=Nc3cccc(C)c3)n2CCO)cc1. The van der Waals surface area contributed by atoms with Crippen LogP contribution in [-0.4, -0.2) is 23.4 Å². The van der Waals surface area contributed by atoms with Crippen molar-refractivity contribution in [1.82, 2.24) is 4.57 Å². The maximum atomic E-state index is 9.54. The summed E-state index contributed by atoms with van der Waals surface area (Å²) in [5, 5.41) is 9.54. The van der Waals surface area contributed by atoms with Crippen molar-refractivity contribution in [1.29, 1.82) is 0 Å². The van der Waals surface area contributed by atoms with E-state index in [-0.39, 0.29) is 6.61 Å². The lowest BCUT2D eigenvalue weighted by Crippen LogP contribution is -2.18. The van der Waals surface area contributed by atoms with Crippen LogP contribution in [-0.2, 0) is 6.54 Å². The fraction of sp³-hybridized carbons (Fsp3) is 0.250. The highest BCUT2D eigenvalue weighted by atomic mass is 32.1. The quantitative estimate of drug-likeness (QED) is 0.751. The van der Waals surface area contributed by atoms with Gasteiger partial charge in [-0.1, -0.05) is 12.1 Å². The maximum absolute atomic E-state index is 9.54. The lowest BCUT2D eigenvalue weighted by atomic mass is 10.1. The van der Waals surface area contributed by atoms with Gasteiger partial charge in [0, 0.05) is 11.4 Å². The van der Waals surface area contributed by atoms with Crippen LogP contribution in [0.5, 0.6) is 5.75 Å². The van der Waals surface area contributed by atoms with Crippen molar-refractivity contribution in [2.75, 3.05) is 13.7 Å². The summed E-state index contributed by atoms with van der Waals surface area (Å²) in [6.45, 7) is 4.73. The Hall–Kier alpha value is -2.37. The number of aliphatic hydroxyl groups is 1. The second-order valence-corrected chi connectivity index (χ2v) is 7.03. The highest BCUT2D eigenvalue weighted by Crippen LogP contribution is 2.27. The lowest BCUT2D eigenvalue weighted by Gasteiger charge is -2.09. The van der Waals surface area contributed by atoms with Crippen molar-refractivity contribution < 1.29 is 9.84 Å². The summed E-state index contributed by atoms with van der Waals surface area (Å²) in [7, 11) is 1.66. The van der Waals surface area contributed by atoms with E-state index >= 15 is 0 Å². The number of nitrogens with zero attached hydrogens (tertiary/aromatic N) is 2. The van der Waals surface area contributed by atoms with E-state index in [0.29, 0.717) is 6.54 Å². The van der Waals surface area contributed by atoms with Crippen molar-refractivity contribution >= 4 is 17.0 Å². The zero-order valence-electron chi connectivity index (χ0n) is 14.7. The largest absolute Gasteiger partial charge is 0.497 e. The Morgan fingerprint density at radius 3 is 2.52 bits per heavy atom. The number of aromatic nitrogens is 1. The summed E-state index contributed by atoms with van der Waals surface area (Å²) >= 11 is 1.64. The molecule has 25 heavy (non-hydrogen) atoms. The van der Waals surface area contributed by atoms with Crippen LogP contribution in [0.2, 0.25) is 0 Å². The Morgan fingerprint density at radius 2 is 1.88 bits per heavy atom. The van der Waals surface area contributed by atoms with Gasteiger partial charge in [-0.15, -0.1) is 11.3 Å². The monoisotopic (exact) mass is 354 g/mol. The normalized spacial score (nSPS) is 11.8. The molecule has 0 saturated heterocycles. The minimum absolute atomic E-state index is 0.0698. The molecule has 5 heteroatoms. The molecule has 0 aliphatic carbocycles. The summed E-state index contributed by atoms with van der Waals surface area (Å²) in [6.07, 6.45) is 0. The Kier molecular flexibility index (Phi) is 5.36. The molecule has 130 valence electrons. The van der Waals surface area contributed by atoms with Crippen molar-refractivity contribution in [3.63, 3.8) is 0 Å². The van der Waals surface area contributed by atoms with Crippen LogP contribution in [0.25, 0.3) is 11.3 Å². The molecule has 0 atom stereocenters. The average Bonchev–Trinajstić information content (AvgIpc) is 2.90. The molecule has 0 bridgehead atoms. The number of hydrogen-bond acceptors (Lipinski definition) is 4. The van der Waals surface area contributed by atoms with Crippen molar-refractivity contribution in [3.8, 4) is 17.0 Å². The summed E-state index contributed by atoms with van der Waals surface area (Å²) < 4.78 is 7.33. The van der Waals surface area contributed by atoms with E-state index in [4.69, 9.17) is 9.73 Å². The summed E-state index contributed by atoms with van der Waals surface area (Å²) in [6, 6.07) is 16.1. The fourth-order valence-electron chi connectivity index (χ4n) is 2.83. The van der Waals surface area contributed by atoms with Gasteiger partial charge in [-0.05, 0) is 61.4 Å². The highest BCUT2D eigenvalue weighted by Gasteiger charge is 2.13. The number of thiazole rings is 1. The van der Waals surface area contributed by atoms with Gasteiger partial charge >= 0.3 is 0 Å². The fourth-order valence-corrected chi connectivity index (χ4v) is 3.88. The summed E-state index contributed by atoms with van der Waals surface area (Å²) in [4.78, 5) is 6.87. The molecular formula is C20H22N2O2S. The number of methoxy groups -OCH3 is 1. The van der Waals surface area contributed by atoms with Gasteiger partial charge < -0.3 is 14.4 Å². The van der Waals surface area contributed by atoms with Gasteiger partial charge in [0.15, 0.2) is 4.80 Å². The predicted molar refractivity (Wildman–Crippen MR) is 103 cm³/mol. The first-order valence-corrected chi connectivity index (χ1v) is 9.01. The van der Waals surface area contributed by atoms with E-state index in [0.717, 1.165) is 27.5 Å². The zero-order valence-corrected chi connectivity index (χ0v) is 15.5. The van der Waals surface area contributed by atoms with Crippen molar-refractivity contribution in [3.05, 3.63) is 63.8 Å². The minimum atomic E-state index is 0.0698. The maximum Gasteiger partial charge on any atom is 0.190 e. The molecule has 1 aromatic heterocycles. The third kappa shape index (κ3) is 3.83. The molecule has 0 radical (unpaired) electrons. The van der Waals surface area contributed by atoms with Crippen LogP contribution in [0.3, 0.4) is 0 Å². The van der Waals surface area contributed by atoms with E-state index in [1.54, 1.807) is 18.4 Å². The molecule has 3 aromatic rings. The molecule has 3 rings (SSSR count). The first-order chi connectivity index (χ1) is 12.1. The Balaban J connectivity index is 2.14. The highest BCUT2D eigenvalue weighted by molar-refractivity contribution is 7.09. The van der Waals surface area contributed by atoms with Crippen molar-refractivity contribution in [2.24, 2.45) is 4.99 Å². The number of hydrogen-bond donors (Lipinski definition) is 1. The van der Waals surface area contributed by atoms with E-state index in [9.17, 15) is 5.11 Å². The Bertz CT molecular complexity index is 924. The van der Waals surface area contributed by atoms with E-state index < -0.39 is 0 Å². The van der Waals surface area contributed by atoms with Crippen LogP contribution in [0.15, 0.2) is 53.5 Å². The smallest absolute Gasteiger partial charge is 0.190 e. The molecule has 0 amide bonds. The molecule has 0 unspecified atom stereocenters. The molecule has 1 heterocycles. The second kappa shape index (κ2) is 7.68. The lowest BCUT2D eigenvalue weighted by molar-refractivity contribution is 0.275. The van der Waals surface area contributed by atoms with Gasteiger partial charge in [0.2, 0.25) is 0 Å². The van der Waals surface area contributed by atoms with Gasteiger partial charge in [0.1, 0.15) is 5.75 Å². The first-order valence-electron chi connectivity index (χ1n) is 8.19. The molecule has 0 aliphatic heterocycles. The molecule has 0 aliphatic rings. The topological polar surface area (TPSA) is 46.8 Å². The van der Waals surface area contributed by atoms with Crippen LogP contribution in [0.1, 0.15) is 10.4 Å². The van der Waals surface area contributed by atoms with E-state index in [2.05, 4.69) is 30.5 Å². The standard InChI is InChI=1S/C20H22N2O2S/c1-14-5-4-6-17(13-14)21-20-22(11-12-23)19(15(2)25-20)16-7-9-18(24-3)10-8-16/h4-10,13,23H,11-12H2,1-3H3. The third-order valence-corrected chi connectivity index (χ3v) is 4.99. The zero-order chi connectivity index (χ0) is 17.8. The number of rotatable bonds is 5. The van der Waals surface area contributed by atoms with Gasteiger partial charge in [-0.3, -0.25) is 0 Å². The number of aryl methyl sites for hydroxylation is 2. The number of ether oxygens (including phenoxy) is 1. The Labute approximate surface area is 151 Å². The molecular weight excluding hydrogens is 332 g/mol. The van der Waals surface area contributed by atoms with Crippen LogP contribution >= 0.6 is 11.3 Å². The molecule has 0 saturated carbocycles. The number of aliphatic hydroxyl groups excluding tert-OH is 1. The van der Waals surface area contributed by atoms with Gasteiger partial charge in [-0.2, -0.15) is 0 Å². The second-order valence-electron chi connectivity index (χ2n) is 5.84. The molecule has 2 aromatic carbocycles. The summed E-state index contributed by atoms with van der Waals surface area (Å²) in [5.41, 5.74) is 4.29. The Morgan fingerprint density at radius 1 is 1.12 bits per heavy atom. The van der Waals surface area contributed by atoms with Gasteiger partial charge in [0.25, 0.3) is 0 Å². The molecule has 4 nitrogen and oxygen atoms in total. The van der Waals surface area contributed by atoms with E-state index in [1.807, 2.05) is 36.4 Å². The molecule has 0 spiro atoms. The molecule has 0 fully saturated rings. The van der Waals surface area contributed by atoms with Crippen LogP contribution < -0.4 is 9.54 Å². The predicted octanol–water partition coefficient (Wildman–Crippen LogP) is 4.07. The van der Waals surface area contributed by atoms with Crippen molar-refractivity contribution in [2.45, 2.75) is 20.4 Å².